The lowest BCUT2D eigenvalue weighted by Crippen LogP contribution is -2.65. The van der Waals surface area contributed by atoms with E-state index in [9.17, 15) is 9.90 Å². The zero-order chi connectivity index (χ0) is 21.4. The maximum absolute atomic E-state index is 12.4. The second kappa shape index (κ2) is 9.08. The highest BCUT2D eigenvalue weighted by atomic mass is 127. The largest absolute Gasteiger partial charge is 0.481 e. The molecule has 162 valence electrons. The topological polar surface area (TPSA) is 93.8 Å². The minimum atomic E-state index is -0.948. The van der Waals surface area contributed by atoms with E-state index in [1.807, 2.05) is 4.93 Å². The van der Waals surface area contributed by atoms with Gasteiger partial charge >= 0.3 is 7.12 Å². The summed E-state index contributed by atoms with van der Waals surface area (Å²) in [4.78, 5) is 14.4. The molecule has 4 rings (SSSR count). The van der Waals surface area contributed by atoms with Crippen LogP contribution in [-0.2, 0) is 14.1 Å². The summed E-state index contributed by atoms with van der Waals surface area (Å²) in [6.07, 6.45) is 2.15. The van der Waals surface area contributed by atoms with Gasteiger partial charge in [0.2, 0.25) is 5.91 Å². The molecule has 4 fully saturated rings. The lowest BCUT2D eigenvalue weighted by atomic mass is 9.43. The Morgan fingerprint density at radius 2 is 1.89 bits per heavy atom. The summed E-state index contributed by atoms with van der Waals surface area (Å²) < 4.78 is 12.8. The highest BCUT2D eigenvalue weighted by Crippen LogP contribution is 2.65. The van der Waals surface area contributed by atoms with Crippen LogP contribution in [0.2, 0.25) is 0 Å². The highest BCUT2D eigenvalue weighted by molar-refractivity contribution is 14.1. The number of aliphatic hydroxyl groups is 1. The molecular formula is C20H38BIN2O4. The van der Waals surface area contributed by atoms with E-state index < -0.39 is 19.3 Å². The Balaban J connectivity index is 0.00000136. The Hall–Kier alpha value is 0.105. The van der Waals surface area contributed by atoms with Gasteiger partial charge < -0.3 is 25.5 Å². The third-order valence-corrected chi connectivity index (χ3v) is 7.17. The third kappa shape index (κ3) is 4.41. The average Bonchev–Trinajstić information content (AvgIpc) is 2.98. The molecule has 8 heteroatoms. The molecular weight excluding hydrogens is 470 g/mol. The van der Waals surface area contributed by atoms with Crippen LogP contribution < -0.4 is 11.1 Å². The van der Waals surface area contributed by atoms with Crippen molar-refractivity contribution in [2.24, 2.45) is 28.9 Å². The van der Waals surface area contributed by atoms with Crippen molar-refractivity contribution in [3.63, 3.8) is 0 Å². The third-order valence-electron chi connectivity index (χ3n) is 7.17. The molecule has 0 aromatic heterocycles. The monoisotopic (exact) mass is 508 g/mol. The quantitative estimate of drug-likeness (QED) is 0.292. The SMILES string of the molecule is CC(C)C[C@H](NC(=O)[C@@H](N)[C@@H](C)O)B1O[C@@H]2C[C@@H]3C[C@@H](C3(C)C)[C@]2(C)O1.CI. The Kier molecular flexibility index (Phi) is 7.90. The molecule has 2 bridgehead atoms. The molecule has 1 aliphatic heterocycles. The normalized spacial score (nSPS) is 35.8. The van der Waals surface area contributed by atoms with Gasteiger partial charge in [-0.15, -0.1) is 0 Å². The lowest BCUT2D eigenvalue weighted by molar-refractivity contribution is -0.199. The summed E-state index contributed by atoms with van der Waals surface area (Å²) in [6.45, 7) is 12.6. The second-order valence-corrected chi connectivity index (χ2v) is 9.85. The molecule has 1 heterocycles. The van der Waals surface area contributed by atoms with Gasteiger partial charge in [0.1, 0.15) is 6.04 Å². The number of carbonyl (C=O) groups excluding carboxylic acids is 1. The summed E-state index contributed by atoms with van der Waals surface area (Å²) >= 11 is 2.15. The Morgan fingerprint density at radius 1 is 1.29 bits per heavy atom. The molecule has 4 aliphatic rings. The summed E-state index contributed by atoms with van der Waals surface area (Å²) in [7, 11) is -0.465. The zero-order valence-corrected chi connectivity index (χ0v) is 20.5. The van der Waals surface area contributed by atoms with E-state index in [1.165, 1.54) is 13.3 Å². The first-order valence-electron chi connectivity index (χ1n) is 10.4. The van der Waals surface area contributed by atoms with Crippen LogP contribution >= 0.6 is 22.6 Å². The van der Waals surface area contributed by atoms with Crippen molar-refractivity contribution in [1.82, 2.24) is 5.32 Å². The standard InChI is InChI=1S/C19H35BN2O4.CH3I/c1-10(2)7-15(22-17(24)16(21)11(3)23)20-25-14-9-12-8-13(18(12,4)5)19(14,6)26-20;1-2/h10-16,23H,7-9,21H2,1-6H3,(H,22,24);1H3/t11-,12+,13+,14-,15+,16+,19+;/m1./s1. The van der Waals surface area contributed by atoms with Gasteiger partial charge in [0, 0.05) is 0 Å². The van der Waals surface area contributed by atoms with Gasteiger partial charge in [0.15, 0.2) is 0 Å². The van der Waals surface area contributed by atoms with Crippen LogP contribution in [0.25, 0.3) is 0 Å². The fourth-order valence-corrected chi connectivity index (χ4v) is 5.32. The molecule has 28 heavy (non-hydrogen) atoms. The molecule has 0 unspecified atom stereocenters. The fraction of sp³-hybridized carbons (Fsp3) is 0.950. The second-order valence-electron chi connectivity index (χ2n) is 9.85. The molecule has 3 aliphatic carbocycles. The number of halogens is 1. The predicted octanol–water partition coefficient (Wildman–Crippen LogP) is 2.54. The number of hydrogen-bond donors (Lipinski definition) is 3. The van der Waals surface area contributed by atoms with Gasteiger partial charge in [-0.3, -0.25) is 4.79 Å². The first-order valence-corrected chi connectivity index (χ1v) is 12.6. The molecule has 6 nitrogen and oxygen atoms in total. The molecule has 0 radical (unpaired) electrons. The van der Waals surface area contributed by atoms with Gasteiger partial charge in [0.05, 0.1) is 23.8 Å². The molecule has 4 N–H and O–H groups in total. The van der Waals surface area contributed by atoms with Crippen LogP contribution in [0.15, 0.2) is 0 Å². The van der Waals surface area contributed by atoms with Crippen molar-refractivity contribution in [1.29, 1.82) is 0 Å². The van der Waals surface area contributed by atoms with Crippen LogP contribution in [0, 0.1) is 23.2 Å². The van der Waals surface area contributed by atoms with E-state index in [0.29, 0.717) is 17.8 Å². The highest BCUT2D eigenvalue weighted by Gasteiger charge is 2.68. The van der Waals surface area contributed by atoms with Gasteiger partial charge in [-0.1, -0.05) is 50.3 Å². The van der Waals surface area contributed by atoms with Crippen LogP contribution in [0.4, 0.5) is 0 Å². The Labute approximate surface area is 184 Å². The number of hydrogen-bond acceptors (Lipinski definition) is 5. The van der Waals surface area contributed by atoms with Crippen LogP contribution in [0.3, 0.4) is 0 Å². The molecule has 0 aromatic rings. The number of rotatable bonds is 6. The van der Waals surface area contributed by atoms with E-state index in [1.54, 1.807) is 0 Å². The van der Waals surface area contributed by atoms with Crippen LogP contribution in [-0.4, -0.2) is 52.9 Å². The van der Waals surface area contributed by atoms with Crippen molar-refractivity contribution < 1.29 is 19.2 Å². The maximum atomic E-state index is 12.4. The van der Waals surface area contributed by atoms with Gasteiger partial charge in [0.25, 0.3) is 0 Å². The molecule has 3 saturated carbocycles. The first kappa shape index (κ1) is 24.4. The Bertz CT molecular complexity index is 562. The van der Waals surface area contributed by atoms with E-state index in [4.69, 9.17) is 15.0 Å². The molecule has 0 spiro atoms. The minimum absolute atomic E-state index is 0.0845. The summed E-state index contributed by atoms with van der Waals surface area (Å²) in [5.74, 6) is 0.918. The van der Waals surface area contributed by atoms with E-state index in [-0.39, 0.29) is 29.0 Å². The van der Waals surface area contributed by atoms with Gasteiger partial charge in [-0.05, 0) is 61.2 Å². The van der Waals surface area contributed by atoms with Gasteiger partial charge in [-0.25, -0.2) is 0 Å². The zero-order valence-electron chi connectivity index (χ0n) is 18.4. The van der Waals surface area contributed by atoms with Crippen molar-refractivity contribution >= 4 is 35.6 Å². The van der Waals surface area contributed by atoms with Crippen LogP contribution in [0.1, 0.15) is 60.8 Å². The number of aliphatic hydroxyl groups excluding tert-OH is 1. The summed E-state index contributed by atoms with van der Waals surface area (Å²) in [6, 6.07) is -0.948. The van der Waals surface area contributed by atoms with Gasteiger partial charge in [-0.2, -0.15) is 0 Å². The molecule has 0 aromatic carbocycles. The maximum Gasteiger partial charge on any atom is 0.481 e. The fourth-order valence-electron chi connectivity index (χ4n) is 5.32. The average molecular weight is 508 g/mol. The minimum Gasteiger partial charge on any atom is -0.404 e. The van der Waals surface area contributed by atoms with E-state index >= 15 is 0 Å². The number of amides is 1. The molecule has 1 saturated heterocycles. The predicted molar refractivity (Wildman–Crippen MR) is 121 cm³/mol. The molecule has 7 atom stereocenters. The van der Waals surface area contributed by atoms with Crippen molar-refractivity contribution in [3.8, 4) is 0 Å². The van der Waals surface area contributed by atoms with E-state index in [0.717, 1.165) is 12.8 Å². The summed E-state index contributed by atoms with van der Waals surface area (Å²) in [5.41, 5.74) is 5.79. The number of nitrogens with one attached hydrogen (secondary N) is 1. The summed E-state index contributed by atoms with van der Waals surface area (Å²) in [5, 5.41) is 12.6. The lowest BCUT2D eigenvalue weighted by Gasteiger charge is -2.64. The number of carbonyl (C=O) groups is 1. The molecule has 1 amide bonds. The van der Waals surface area contributed by atoms with Crippen LogP contribution in [0.5, 0.6) is 0 Å². The Morgan fingerprint density at radius 3 is 2.39 bits per heavy atom. The number of alkyl halides is 1. The first-order chi connectivity index (χ1) is 13.0. The van der Waals surface area contributed by atoms with Crippen molar-refractivity contribution in [2.75, 3.05) is 4.93 Å². The smallest absolute Gasteiger partial charge is 0.404 e. The van der Waals surface area contributed by atoms with Crippen molar-refractivity contribution in [2.45, 2.75) is 90.6 Å². The van der Waals surface area contributed by atoms with Crippen molar-refractivity contribution in [3.05, 3.63) is 0 Å². The van der Waals surface area contributed by atoms with E-state index in [2.05, 4.69) is 62.5 Å². The number of nitrogens with two attached hydrogens (primary N) is 1.